The quantitative estimate of drug-likeness (QED) is 0.702. The summed E-state index contributed by atoms with van der Waals surface area (Å²) in [5, 5.41) is 12.2. The van der Waals surface area contributed by atoms with E-state index < -0.39 is 6.55 Å². The Labute approximate surface area is 93.3 Å². The highest BCUT2D eigenvalue weighted by Crippen LogP contribution is 2.11. The van der Waals surface area contributed by atoms with Crippen LogP contribution in [0, 0.1) is 0 Å². The minimum absolute atomic E-state index is 0.285. The third-order valence-corrected chi connectivity index (χ3v) is 2.37. The zero-order valence-corrected chi connectivity index (χ0v) is 9.24. The van der Waals surface area contributed by atoms with Crippen LogP contribution in [0.5, 0.6) is 0 Å². The molecular weight excluding hydrogens is 216 g/mol. The molecular formula is C10H17F2N3O. The molecule has 6 heteroatoms. The number of imidazole rings is 1. The Morgan fingerprint density at radius 1 is 1.56 bits per heavy atom. The molecule has 1 atom stereocenters. The number of hydrogen-bond acceptors (Lipinski definition) is 3. The maximum atomic E-state index is 12.4. The van der Waals surface area contributed by atoms with Crippen LogP contribution in [0.1, 0.15) is 32.1 Å². The first kappa shape index (κ1) is 13.1. The molecule has 0 aliphatic rings. The Bertz CT molecular complexity index is 304. The topological polar surface area (TPSA) is 50.1 Å². The summed E-state index contributed by atoms with van der Waals surface area (Å²) in [4.78, 5) is 3.83. The molecule has 0 aliphatic heterocycles. The molecule has 0 saturated heterocycles. The zero-order chi connectivity index (χ0) is 12.0. The van der Waals surface area contributed by atoms with Gasteiger partial charge < -0.3 is 10.4 Å². The molecule has 2 N–H and O–H groups in total. The zero-order valence-electron chi connectivity index (χ0n) is 9.24. The van der Waals surface area contributed by atoms with E-state index in [2.05, 4.69) is 10.3 Å². The lowest BCUT2D eigenvalue weighted by molar-refractivity contribution is 0.0665. The van der Waals surface area contributed by atoms with Crippen molar-refractivity contribution in [2.24, 2.45) is 0 Å². The van der Waals surface area contributed by atoms with Crippen molar-refractivity contribution < 1.29 is 13.9 Å². The van der Waals surface area contributed by atoms with E-state index in [0.717, 1.165) is 4.57 Å². The Balaban J connectivity index is 2.29. The van der Waals surface area contributed by atoms with Gasteiger partial charge in [0.15, 0.2) is 0 Å². The molecule has 1 aromatic heterocycles. The number of nitrogens with one attached hydrogen (secondary N) is 1. The lowest BCUT2D eigenvalue weighted by atomic mass is 10.2. The van der Waals surface area contributed by atoms with E-state index in [1.807, 2.05) is 6.92 Å². The highest BCUT2D eigenvalue weighted by molar-refractivity contribution is 4.92. The number of aromatic nitrogens is 2. The van der Waals surface area contributed by atoms with E-state index in [4.69, 9.17) is 0 Å². The number of alkyl halides is 2. The first-order valence-electron chi connectivity index (χ1n) is 5.33. The van der Waals surface area contributed by atoms with Crippen LogP contribution < -0.4 is 5.32 Å². The summed E-state index contributed by atoms with van der Waals surface area (Å²) >= 11 is 0. The van der Waals surface area contributed by atoms with E-state index in [1.54, 1.807) is 0 Å². The number of hydrogen-bond donors (Lipinski definition) is 2. The van der Waals surface area contributed by atoms with Crippen molar-refractivity contribution in [1.82, 2.24) is 14.9 Å². The number of aliphatic hydroxyl groups is 1. The first-order chi connectivity index (χ1) is 7.65. The molecule has 92 valence electrons. The van der Waals surface area contributed by atoms with Gasteiger partial charge in [0.25, 0.3) is 0 Å². The van der Waals surface area contributed by atoms with Crippen LogP contribution in [-0.4, -0.2) is 27.3 Å². The molecule has 1 unspecified atom stereocenters. The monoisotopic (exact) mass is 233 g/mol. The number of aliphatic hydroxyl groups excluding tert-OH is 1. The van der Waals surface area contributed by atoms with Gasteiger partial charge in [-0.15, -0.1) is 0 Å². The fourth-order valence-corrected chi connectivity index (χ4v) is 1.33. The van der Waals surface area contributed by atoms with Gasteiger partial charge in [0, 0.05) is 12.4 Å². The third-order valence-electron chi connectivity index (χ3n) is 2.37. The molecule has 1 heterocycles. The van der Waals surface area contributed by atoms with Crippen LogP contribution in [-0.2, 0) is 6.54 Å². The van der Waals surface area contributed by atoms with Gasteiger partial charge in [-0.25, -0.2) is 4.98 Å². The smallest absolute Gasteiger partial charge is 0.319 e. The Morgan fingerprint density at radius 3 is 2.94 bits per heavy atom. The van der Waals surface area contributed by atoms with Crippen molar-refractivity contribution in [3.05, 3.63) is 18.2 Å². The van der Waals surface area contributed by atoms with E-state index in [-0.39, 0.29) is 12.6 Å². The minimum Gasteiger partial charge on any atom is -0.393 e. The Kier molecular flexibility index (Phi) is 5.34. The fraction of sp³-hybridized carbons (Fsp3) is 0.700. The molecule has 0 fully saturated rings. The van der Waals surface area contributed by atoms with Gasteiger partial charge in [-0.3, -0.25) is 4.57 Å². The van der Waals surface area contributed by atoms with Crippen molar-refractivity contribution in [3.8, 4) is 0 Å². The molecule has 4 nitrogen and oxygen atoms in total. The second-order valence-corrected chi connectivity index (χ2v) is 3.56. The van der Waals surface area contributed by atoms with Gasteiger partial charge in [0.1, 0.15) is 5.82 Å². The molecule has 0 aromatic carbocycles. The molecule has 0 bridgehead atoms. The molecule has 0 saturated carbocycles. The molecule has 0 amide bonds. The van der Waals surface area contributed by atoms with Crippen LogP contribution in [0.25, 0.3) is 0 Å². The van der Waals surface area contributed by atoms with Gasteiger partial charge in [-0.1, -0.05) is 6.92 Å². The summed E-state index contributed by atoms with van der Waals surface area (Å²) in [6.45, 7) is 0.216. The first-order valence-corrected chi connectivity index (χ1v) is 5.33. The summed E-state index contributed by atoms with van der Waals surface area (Å²) in [7, 11) is 0. The molecule has 16 heavy (non-hydrogen) atoms. The molecule has 0 aliphatic carbocycles. The Morgan fingerprint density at radius 2 is 2.31 bits per heavy atom. The molecule has 1 aromatic rings. The van der Waals surface area contributed by atoms with Crippen LogP contribution in [0.3, 0.4) is 0 Å². The lowest BCUT2D eigenvalue weighted by Gasteiger charge is -2.09. The minimum atomic E-state index is -2.56. The van der Waals surface area contributed by atoms with Crippen LogP contribution in [0.2, 0.25) is 0 Å². The molecule has 0 radical (unpaired) electrons. The predicted octanol–water partition coefficient (Wildman–Crippen LogP) is 1.53. The van der Waals surface area contributed by atoms with Gasteiger partial charge in [0.05, 0.1) is 12.6 Å². The van der Waals surface area contributed by atoms with E-state index in [0.29, 0.717) is 25.2 Å². The van der Waals surface area contributed by atoms with Crippen molar-refractivity contribution in [2.45, 2.75) is 39.0 Å². The van der Waals surface area contributed by atoms with Crippen LogP contribution in [0.15, 0.2) is 12.4 Å². The summed E-state index contributed by atoms with van der Waals surface area (Å²) in [6.07, 6.45) is 3.59. The number of nitrogens with zero attached hydrogens (tertiary/aromatic N) is 2. The van der Waals surface area contributed by atoms with Gasteiger partial charge in [-0.2, -0.15) is 8.78 Å². The highest BCUT2D eigenvalue weighted by Gasteiger charge is 2.10. The second kappa shape index (κ2) is 6.55. The van der Waals surface area contributed by atoms with E-state index in [9.17, 15) is 13.9 Å². The lowest BCUT2D eigenvalue weighted by Crippen LogP contribution is -2.21. The number of halogens is 2. The highest BCUT2D eigenvalue weighted by atomic mass is 19.3. The predicted molar refractivity (Wildman–Crippen MR) is 56.1 cm³/mol. The second-order valence-electron chi connectivity index (χ2n) is 3.56. The third kappa shape index (κ3) is 3.86. The van der Waals surface area contributed by atoms with Crippen molar-refractivity contribution >= 4 is 0 Å². The fourth-order valence-electron chi connectivity index (χ4n) is 1.33. The normalized spacial score (nSPS) is 13.3. The van der Waals surface area contributed by atoms with Crippen LogP contribution in [0.4, 0.5) is 8.78 Å². The summed E-state index contributed by atoms with van der Waals surface area (Å²) < 4.78 is 25.6. The maximum absolute atomic E-state index is 12.4. The van der Waals surface area contributed by atoms with Crippen molar-refractivity contribution in [2.75, 3.05) is 6.54 Å². The standard InChI is InChI=1S/C10H17F2N3O/c1-2-8(16)3-4-13-7-9-14-5-6-15(9)10(11)12/h5-6,8,10,13,16H,2-4,7H2,1H3. The largest absolute Gasteiger partial charge is 0.393 e. The average Bonchev–Trinajstić information content (AvgIpc) is 2.72. The summed E-state index contributed by atoms with van der Waals surface area (Å²) in [5.41, 5.74) is 0. The van der Waals surface area contributed by atoms with Gasteiger partial charge in [-0.05, 0) is 19.4 Å². The number of rotatable bonds is 7. The van der Waals surface area contributed by atoms with Gasteiger partial charge in [0.2, 0.25) is 0 Å². The van der Waals surface area contributed by atoms with Crippen molar-refractivity contribution in [1.29, 1.82) is 0 Å². The van der Waals surface area contributed by atoms with Crippen molar-refractivity contribution in [3.63, 3.8) is 0 Å². The summed E-state index contributed by atoms with van der Waals surface area (Å²) in [6, 6.07) is 0. The molecule has 1 rings (SSSR count). The Hall–Kier alpha value is -1.01. The van der Waals surface area contributed by atoms with Gasteiger partial charge >= 0.3 is 6.55 Å². The average molecular weight is 233 g/mol. The molecule has 0 spiro atoms. The van der Waals surface area contributed by atoms with E-state index >= 15 is 0 Å². The maximum Gasteiger partial charge on any atom is 0.319 e. The SMILES string of the molecule is CCC(O)CCNCc1nccn1C(F)F. The summed E-state index contributed by atoms with van der Waals surface area (Å²) in [5.74, 6) is 0.306. The van der Waals surface area contributed by atoms with Crippen LogP contribution >= 0.6 is 0 Å². The van der Waals surface area contributed by atoms with E-state index in [1.165, 1.54) is 12.4 Å².